The van der Waals surface area contributed by atoms with Crippen molar-refractivity contribution in [2.75, 3.05) is 56.2 Å². The Kier molecular flexibility index (Phi) is 9.80. The summed E-state index contributed by atoms with van der Waals surface area (Å²) in [5.74, 6) is -0.319. The van der Waals surface area contributed by atoms with Gasteiger partial charge in [-0.1, -0.05) is 36.7 Å². The van der Waals surface area contributed by atoms with Gasteiger partial charge in [-0.05, 0) is 52.1 Å². The van der Waals surface area contributed by atoms with Crippen LogP contribution >= 0.6 is 11.6 Å². The molecule has 3 aliphatic rings. The van der Waals surface area contributed by atoms with Gasteiger partial charge in [-0.25, -0.2) is 11.0 Å². The maximum Gasteiger partial charge on any atom is 0.318 e. The summed E-state index contributed by atoms with van der Waals surface area (Å²) in [5, 5.41) is 2.59. The number of halogens is 2. The molecule has 10 nitrogen and oxygen atoms in total. The molecule has 0 unspecified atom stereocenters. The molecular formula is C35H42ClFN8O2. The van der Waals surface area contributed by atoms with E-state index in [0.29, 0.717) is 56.3 Å². The Morgan fingerprint density at radius 2 is 2.02 bits per heavy atom. The Balaban J connectivity index is 1.31. The second-order valence-electron chi connectivity index (χ2n) is 13.0. The van der Waals surface area contributed by atoms with Crippen molar-refractivity contribution in [3.05, 3.63) is 70.7 Å². The average Bonchev–Trinajstić information content (AvgIpc) is 3.05. The van der Waals surface area contributed by atoms with Crippen LogP contribution in [0.5, 0.6) is 6.01 Å². The molecule has 248 valence electrons. The molecule has 47 heavy (non-hydrogen) atoms. The van der Waals surface area contributed by atoms with Gasteiger partial charge in [-0.2, -0.15) is 9.97 Å². The van der Waals surface area contributed by atoms with Crippen molar-refractivity contribution in [2.24, 2.45) is 5.92 Å². The summed E-state index contributed by atoms with van der Waals surface area (Å²) in [6.07, 6.45) is 8.19. The number of hydrogen-bond donors (Lipinski definition) is 0. The van der Waals surface area contributed by atoms with Crippen LogP contribution in [-0.2, 0) is 17.8 Å². The van der Waals surface area contributed by atoms with Crippen molar-refractivity contribution in [1.29, 1.82) is 0 Å². The molecule has 1 aromatic carbocycles. The number of nitrogens with zero attached hydrogens (tertiary/aromatic N) is 8. The van der Waals surface area contributed by atoms with Gasteiger partial charge in [0, 0.05) is 60.8 Å². The molecular weight excluding hydrogens is 619 g/mol. The molecule has 4 heterocycles. The van der Waals surface area contributed by atoms with E-state index in [2.05, 4.69) is 52.0 Å². The van der Waals surface area contributed by atoms with E-state index in [1.807, 2.05) is 30.6 Å². The van der Waals surface area contributed by atoms with Crippen molar-refractivity contribution in [3.8, 4) is 6.01 Å². The first kappa shape index (κ1) is 32.9. The number of benzene rings is 1. The topological polar surface area (TPSA) is 82.3 Å². The lowest BCUT2D eigenvalue weighted by Crippen LogP contribution is -2.57. The van der Waals surface area contributed by atoms with Crippen molar-refractivity contribution in [2.45, 2.75) is 64.2 Å². The van der Waals surface area contributed by atoms with Crippen LogP contribution in [0.3, 0.4) is 0 Å². The van der Waals surface area contributed by atoms with Crippen molar-refractivity contribution >= 4 is 39.8 Å². The van der Waals surface area contributed by atoms with Crippen LogP contribution in [0, 0.1) is 12.5 Å². The zero-order valence-corrected chi connectivity index (χ0v) is 28.1. The third-order valence-electron chi connectivity index (χ3n) is 10.3. The van der Waals surface area contributed by atoms with E-state index in [1.165, 1.54) is 24.2 Å². The molecule has 0 N–H and O–H groups in total. The lowest BCUT2D eigenvalue weighted by Gasteiger charge is -2.41. The standard InChI is InChI=1S/C35H42ClFN8O2/c1-22(42(5)24(3)25-8-6-9-25)21-47-35-40-30-20-43(31-18-39-16-26-10-7-11-29(36)32(26)31)13-12-28(30)33(41-35)44-14-15-45(34(46)23(2)37)27(19-44)17-38-4/h7,10-11,16,18,22,24-25,27H,2,6,8-9,12-15,17,19-21H2,1,3,5H3/t22-,24+,27+/m1/s1. The Labute approximate surface area is 281 Å². The molecule has 0 bridgehead atoms. The number of hydrogen-bond acceptors (Lipinski definition) is 8. The Bertz CT molecular complexity index is 1690. The monoisotopic (exact) mass is 660 g/mol. The number of likely N-dealkylation sites (N-methyl/N-ethyl adjacent to an activating group) is 1. The quantitative estimate of drug-likeness (QED) is 0.207. The van der Waals surface area contributed by atoms with Crippen LogP contribution < -0.4 is 14.5 Å². The number of carbonyl (C=O) groups is 1. The number of anilines is 2. The van der Waals surface area contributed by atoms with Gasteiger partial charge in [-0.15, -0.1) is 0 Å². The van der Waals surface area contributed by atoms with Crippen LogP contribution in [0.25, 0.3) is 15.6 Å². The van der Waals surface area contributed by atoms with Gasteiger partial charge in [0.1, 0.15) is 18.5 Å². The molecule has 1 saturated heterocycles. The van der Waals surface area contributed by atoms with Gasteiger partial charge in [0.2, 0.25) is 6.54 Å². The molecule has 2 aromatic heterocycles. The molecule has 1 saturated carbocycles. The molecule has 6 rings (SSSR count). The van der Waals surface area contributed by atoms with E-state index < -0.39 is 17.8 Å². The number of aromatic nitrogens is 3. The number of carbonyl (C=O) groups excluding carboxylic acids is 1. The summed E-state index contributed by atoms with van der Waals surface area (Å²) in [7, 11) is 2.15. The van der Waals surface area contributed by atoms with Gasteiger partial charge in [0.25, 0.3) is 5.91 Å². The highest BCUT2D eigenvalue weighted by Gasteiger charge is 2.36. The van der Waals surface area contributed by atoms with Crippen LogP contribution in [0.2, 0.25) is 5.02 Å². The van der Waals surface area contributed by atoms with Gasteiger partial charge < -0.3 is 24.3 Å². The number of ether oxygens (including phenoxy) is 1. The molecule has 3 aromatic rings. The normalized spacial score (nSPS) is 19.6. The third kappa shape index (κ3) is 6.72. The Hall–Kier alpha value is -4.01. The number of fused-ring (bicyclic) bond motifs is 2. The second-order valence-corrected chi connectivity index (χ2v) is 13.4. The van der Waals surface area contributed by atoms with E-state index in [0.717, 1.165) is 39.5 Å². The van der Waals surface area contributed by atoms with Gasteiger partial charge in [0.05, 0.1) is 29.1 Å². The highest BCUT2D eigenvalue weighted by molar-refractivity contribution is 6.36. The maximum absolute atomic E-state index is 13.9. The summed E-state index contributed by atoms with van der Waals surface area (Å²) in [5.41, 5.74) is 2.80. The lowest BCUT2D eigenvalue weighted by atomic mass is 9.79. The number of rotatable bonds is 10. The van der Waals surface area contributed by atoms with Gasteiger partial charge >= 0.3 is 6.01 Å². The van der Waals surface area contributed by atoms with E-state index in [-0.39, 0.29) is 19.1 Å². The molecule has 1 aliphatic carbocycles. The molecule has 0 radical (unpaired) electrons. The predicted octanol–water partition coefficient (Wildman–Crippen LogP) is 5.55. The summed E-state index contributed by atoms with van der Waals surface area (Å²) >= 11 is 6.69. The zero-order valence-electron chi connectivity index (χ0n) is 27.3. The lowest BCUT2D eigenvalue weighted by molar-refractivity contribution is -0.131. The van der Waals surface area contributed by atoms with Gasteiger partial charge in [-0.3, -0.25) is 14.7 Å². The van der Waals surface area contributed by atoms with Crippen molar-refractivity contribution in [1.82, 2.24) is 24.8 Å². The van der Waals surface area contributed by atoms with Crippen LogP contribution in [-0.4, -0.2) is 95.2 Å². The average molecular weight is 661 g/mol. The minimum Gasteiger partial charge on any atom is -0.462 e. The highest BCUT2D eigenvalue weighted by atomic mass is 35.5. The highest BCUT2D eigenvalue weighted by Crippen LogP contribution is 2.37. The zero-order chi connectivity index (χ0) is 33.2. The second kappa shape index (κ2) is 14.0. The van der Waals surface area contributed by atoms with Crippen molar-refractivity contribution in [3.63, 3.8) is 0 Å². The first-order valence-electron chi connectivity index (χ1n) is 16.4. The minimum atomic E-state index is -1.02. The SMILES string of the molecule is [C-]#[N+]C[C@H]1CN(c2nc(OC[C@@H](C)N(C)[C@@H](C)C3CCC3)nc3c2CCN(c2cncc4cccc(Cl)c24)C3)CCN1C(=O)C(=C)F. The summed E-state index contributed by atoms with van der Waals surface area (Å²) in [4.78, 5) is 38.7. The molecule has 3 atom stereocenters. The van der Waals surface area contributed by atoms with Crippen LogP contribution in [0.1, 0.15) is 44.4 Å². The fraction of sp³-hybridized carbons (Fsp3) is 0.514. The number of pyridine rings is 1. The Morgan fingerprint density at radius 3 is 2.74 bits per heavy atom. The third-order valence-corrected chi connectivity index (χ3v) is 10.6. The largest absolute Gasteiger partial charge is 0.462 e. The fourth-order valence-corrected chi connectivity index (χ4v) is 7.31. The molecule has 0 spiro atoms. The number of amides is 1. The van der Waals surface area contributed by atoms with Crippen molar-refractivity contribution < 1.29 is 13.9 Å². The molecule has 1 amide bonds. The fourth-order valence-electron chi connectivity index (χ4n) is 7.03. The predicted molar refractivity (Wildman–Crippen MR) is 182 cm³/mol. The molecule has 12 heteroatoms. The Morgan fingerprint density at radius 1 is 1.21 bits per heavy atom. The van der Waals surface area contributed by atoms with E-state index >= 15 is 0 Å². The summed E-state index contributed by atoms with van der Waals surface area (Å²) in [6.45, 7) is 17.9. The number of piperazine rings is 1. The molecule has 2 aliphatic heterocycles. The smallest absolute Gasteiger partial charge is 0.318 e. The maximum atomic E-state index is 13.9. The van der Waals surface area contributed by atoms with E-state index in [1.54, 1.807) is 0 Å². The summed E-state index contributed by atoms with van der Waals surface area (Å²) < 4.78 is 20.2. The minimum absolute atomic E-state index is 0.0534. The summed E-state index contributed by atoms with van der Waals surface area (Å²) in [6, 6.07) is 6.24. The van der Waals surface area contributed by atoms with Crippen LogP contribution in [0.4, 0.5) is 15.9 Å². The van der Waals surface area contributed by atoms with Gasteiger partial charge in [0.15, 0.2) is 5.83 Å². The van der Waals surface area contributed by atoms with E-state index in [9.17, 15) is 9.18 Å². The van der Waals surface area contributed by atoms with Crippen LogP contribution in [0.15, 0.2) is 43.0 Å². The molecule has 2 fully saturated rings. The first-order valence-corrected chi connectivity index (χ1v) is 16.8. The first-order chi connectivity index (χ1) is 22.7. The van der Waals surface area contributed by atoms with E-state index in [4.69, 9.17) is 32.9 Å².